The zero-order valence-electron chi connectivity index (χ0n) is 7.63. The minimum absolute atomic E-state index is 0.163. The van der Waals surface area contributed by atoms with Gasteiger partial charge in [-0.05, 0) is 17.7 Å². The van der Waals surface area contributed by atoms with E-state index in [1.54, 1.807) is 0 Å². The number of hydrogen-bond donors (Lipinski definition) is 1. The van der Waals surface area contributed by atoms with Gasteiger partial charge in [-0.15, -0.1) is 0 Å². The molecule has 0 saturated heterocycles. The van der Waals surface area contributed by atoms with Crippen molar-refractivity contribution in [3.8, 4) is 5.88 Å². The van der Waals surface area contributed by atoms with Gasteiger partial charge in [0.25, 0.3) is 11.7 Å². The van der Waals surface area contributed by atoms with E-state index < -0.39 is 22.8 Å². The van der Waals surface area contributed by atoms with Crippen LogP contribution in [-0.4, -0.2) is 17.3 Å². The number of nitrogen functional groups attached to an aromatic ring is 1. The van der Waals surface area contributed by atoms with E-state index >= 15 is 0 Å². The molecule has 0 radical (unpaired) electrons. The van der Waals surface area contributed by atoms with Gasteiger partial charge >= 0.3 is 0 Å². The highest BCUT2D eigenvalue weighted by Crippen LogP contribution is 2.31. The smallest absolute Gasteiger partial charge is 0.264 e. The molecule has 2 N–H and O–H groups in total. The number of pyridine rings is 1. The van der Waals surface area contributed by atoms with Crippen LogP contribution in [0.4, 0.5) is 14.6 Å². The van der Waals surface area contributed by atoms with Crippen LogP contribution < -0.4 is 10.5 Å². The Morgan fingerprint density at radius 1 is 1.67 bits per heavy atom. The van der Waals surface area contributed by atoms with Gasteiger partial charge in [0.1, 0.15) is 11.4 Å². The Morgan fingerprint density at radius 2 is 2.27 bits per heavy atom. The van der Waals surface area contributed by atoms with Crippen LogP contribution in [0.3, 0.4) is 0 Å². The summed E-state index contributed by atoms with van der Waals surface area (Å²) in [4.78, 5) is 14.5. The second kappa shape index (κ2) is 4.39. The van der Waals surface area contributed by atoms with Gasteiger partial charge in [-0.1, -0.05) is 0 Å². The number of rotatable bonds is 3. The number of halogens is 3. The first-order valence-electron chi connectivity index (χ1n) is 3.79. The molecule has 7 heteroatoms. The highest BCUT2D eigenvalue weighted by atomic mass is 35.5. The van der Waals surface area contributed by atoms with Crippen LogP contribution >= 0.6 is 11.6 Å². The molecule has 15 heavy (non-hydrogen) atoms. The van der Waals surface area contributed by atoms with Gasteiger partial charge in [-0.25, -0.2) is 8.78 Å². The van der Waals surface area contributed by atoms with Gasteiger partial charge in [0.05, 0.1) is 7.11 Å². The maximum Gasteiger partial charge on any atom is 0.264 e. The van der Waals surface area contributed by atoms with Crippen molar-refractivity contribution in [1.82, 2.24) is 4.98 Å². The van der Waals surface area contributed by atoms with Crippen LogP contribution in [0.15, 0.2) is 6.07 Å². The maximum absolute atomic E-state index is 12.5. The maximum atomic E-state index is 12.5. The molecular weight excluding hydrogens is 230 g/mol. The molecule has 0 atom stereocenters. The van der Waals surface area contributed by atoms with Gasteiger partial charge in [0, 0.05) is 5.56 Å². The topological polar surface area (TPSA) is 65.2 Å². The first-order valence-corrected chi connectivity index (χ1v) is 4.17. The fourth-order valence-corrected chi connectivity index (χ4v) is 1.27. The third kappa shape index (κ3) is 2.33. The Balaban J connectivity index is 3.47. The average Bonchev–Trinajstić information content (AvgIpc) is 2.15. The summed E-state index contributed by atoms with van der Waals surface area (Å²) in [5.74, 6) is -0.464. The molecule has 4 nitrogen and oxygen atoms in total. The number of aromatic nitrogens is 1. The van der Waals surface area contributed by atoms with E-state index in [-0.39, 0.29) is 11.7 Å². The minimum atomic E-state index is -2.87. The van der Waals surface area contributed by atoms with E-state index in [1.807, 2.05) is 0 Å². The molecule has 0 aromatic carbocycles. The summed E-state index contributed by atoms with van der Waals surface area (Å²) >= 11 is 5.16. The zero-order valence-corrected chi connectivity index (χ0v) is 8.39. The highest BCUT2D eigenvalue weighted by molar-refractivity contribution is 6.68. The molecule has 0 spiro atoms. The van der Waals surface area contributed by atoms with Gasteiger partial charge in [0.15, 0.2) is 0 Å². The molecule has 82 valence electrons. The second-order valence-electron chi connectivity index (χ2n) is 2.60. The standard InChI is InChI=1S/C8H7ClF2N2O2/c1-15-8-5(6(9)14)3(7(10)11)2-4(12)13-8/h2,7H,1H3,(H2,12,13). The Bertz CT molecular complexity index is 398. The largest absolute Gasteiger partial charge is 0.480 e. The van der Waals surface area contributed by atoms with Crippen LogP contribution in [0.5, 0.6) is 5.88 Å². The Morgan fingerprint density at radius 3 is 2.67 bits per heavy atom. The molecular formula is C8H7ClF2N2O2. The van der Waals surface area contributed by atoms with Crippen LogP contribution in [0.1, 0.15) is 22.3 Å². The Hall–Kier alpha value is -1.43. The lowest BCUT2D eigenvalue weighted by molar-refractivity contribution is 0.106. The van der Waals surface area contributed by atoms with E-state index in [0.29, 0.717) is 0 Å². The predicted octanol–water partition coefficient (Wildman–Crippen LogP) is 1.99. The first kappa shape index (κ1) is 11.6. The summed E-state index contributed by atoms with van der Waals surface area (Å²) < 4.78 is 29.7. The lowest BCUT2D eigenvalue weighted by Gasteiger charge is -2.10. The van der Waals surface area contributed by atoms with Crippen molar-refractivity contribution in [1.29, 1.82) is 0 Å². The van der Waals surface area contributed by atoms with E-state index in [9.17, 15) is 13.6 Å². The van der Waals surface area contributed by atoms with E-state index in [4.69, 9.17) is 17.3 Å². The van der Waals surface area contributed by atoms with Crippen molar-refractivity contribution < 1.29 is 18.3 Å². The lowest BCUT2D eigenvalue weighted by Crippen LogP contribution is -2.06. The van der Waals surface area contributed by atoms with Crippen LogP contribution in [0.25, 0.3) is 0 Å². The number of hydrogen-bond acceptors (Lipinski definition) is 4. The summed E-state index contributed by atoms with van der Waals surface area (Å²) in [6.45, 7) is 0. The fourth-order valence-electron chi connectivity index (χ4n) is 1.08. The van der Waals surface area contributed by atoms with Crippen molar-refractivity contribution in [3.63, 3.8) is 0 Å². The summed E-state index contributed by atoms with van der Waals surface area (Å²) in [5, 5.41) is -1.06. The molecule has 0 unspecified atom stereocenters. The van der Waals surface area contributed by atoms with Gasteiger partial charge in [-0.3, -0.25) is 4.79 Å². The molecule has 1 aromatic heterocycles. The fraction of sp³-hybridized carbons (Fsp3) is 0.250. The number of nitrogens with zero attached hydrogens (tertiary/aromatic N) is 1. The number of nitrogens with two attached hydrogens (primary N) is 1. The molecule has 0 aliphatic heterocycles. The molecule has 1 aromatic rings. The molecule has 0 fully saturated rings. The molecule has 0 bridgehead atoms. The van der Waals surface area contributed by atoms with E-state index in [0.717, 1.165) is 6.07 Å². The number of anilines is 1. The first-order chi connectivity index (χ1) is 6.97. The molecule has 0 saturated carbocycles. The zero-order chi connectivity index (χ0) is 11.6. The predicted molar refractivity (Wildman–Crippen MR) is 50.3 cm³/mol. The van der Waals surface area contributed by atoms with Gasteiger partial charge < -0.3 is 10.5 Å². The van der Waals surface area contributed by atoms with Crippen molar-refractivity contribution in [3.05, 3.63) is 17.2 Å². The summed E-state index contributed by atoms with van der Waals surface area (Å²) in [6, 6.07) is 0.892. The van der Waals surface area contributed by atoms with Crippen molar-refractivity contribution >= 4 is 22.7 Å². The van der Waals surface area contributed by atoms with Crippen molar-refractivity contribution in [2.45, 2.75) is 6.43 Å². The third-order valence-corrected chi connectivity index (χ3v) is 1.85. The van der Waals surface area contributed by atoms with Crippen molar-refractivity contribution in [2.75, 3.05) is 12.8 Å². The SMILES string of the molecule is COc1nc(N)cc(C(F)F)c1C(=O)Cl. The number of ether oxygens (including phenoxy) is 1. The molecule has 0 aliphatic carbocycles. The van der Waals surface area contributed by atoms with E-state index in [1.165, 1.54) is 7.11 Å². The molecule has 0 amide bonds. The number of carbonyl (C=O) groups excluding carboxylic acids is 1. The minimum Gasteiger partial charge on any atom is -0.480 e. The van der Waals surface area contributed by atoms with Gasteiger partial charge in [0.2, 0.25) is 5.88 Å². The number of methoxy groups -OCH3 is 1. The normalized spacial score (nSPS) is 10.5. The molecule has 1 heterocycles. The summed E-state index contributed by atoms with van der Waals surface area (Å²) in [5.41, 5.74) is 4.22. The van der Waals surface area contributed by atoms with E-state index in [2.05, 4.69) is 9.72 Å². The Kier molecular flexibility index (Phi) is 3.41. The average molecular weight is 237 g/mol. The second-order valence-corrected chi connectivity index (χ2v) is 2.94. The number of carbonyl (C=O) groups is 1. The molecule has 0 aliphatic rings. The van der Waals surface area contributed by atoms with Gasteiger partial charge in [-0.2, -0.15) is 4.98 Å². The molecule has 1 rings (SSSR count). The van der Waals surface area contributed by atoms with Crippen LogP contribution in [0, 0.1) is 0 Å². The monoisotopic (exact) mass is 236 g/mol. The van der Waals surface area contributed by atoms with Crippen LogP contribution in [-0.2, 0) is 0 Å². The summed E-state index contributed by atoms with van der Waals surface area (Å²) in [7, 11) is 1.18. The lowest BCUT2D eigenvalue weighted by atomic mass is 10.1. The number of alkyl halides is 2. The summed E-state index contributed by atoms with van der Waals surface area (Å²) in [6.07, 6.45) is -2.87. The van der Waals surface area contributed by atoms with Crippen LogP contribution in [0.2, 0.25) is 0 Å². The Labute approximate surface area is 89.0 Å². The third-order valence-electron chi connectivity index (χ3n) is 1.66. The van der Waals surface area contributed by atoms with Crippen molar-refractivity contribution in [2.24, 2.45) is 0 Å². The highest BCUT2D eigenvalue weighted by Gasteiger charge is 2.23. The quantitative estimate of drug-likeness (QED) is 0.815.